The average Bonchev–Trinajstić information content (AvgIpc) is 2.25. The van der Waals surface area contributed by atoms with Crippen molar-refractivity contribution in [3.63, 3.8) is 0 Å². The zero-order valence-electron chi connectivity index (χ0n) is 10.7. The molecule has 6 heteroatoms. The first-order valence-corrected chi connectivity index (χ1v) is 6.97. The van der Waals surface area contributed by atoms with Crippen molar-refractivity contribution < 1.29 is 14.7 Å². The number of rotatable bonds is 8. The molecule has 0 saturated carbocycles. The second-order valence-electron chi connectivity index (χ2n) is 3.99. The van der Waals surface area contributed by atoms with E-state index in [0.29, 0.717) is 13.0 Å². The number of nitrogens with one attached hydrogen (secondary N) is 2. The van der Waals surface area contributed by atoms with Crippen LogP contribution in [0.3, 0.4) is 0 Å². The molecular weight excluding hydrogens is 240 g/mol. The van der Waals surface area contributed by atoms with Gasteiger partial charge in [-0.1, -0.05) is 13.8 Å². The normalized spacial score (nSPS) is 13.8. The first-order chi connectivity index (χ1) is 7.97. The van der Waals surface area contributed by atoms with Crippen molar-refractivity contribution in [1.29, 1.82) is 0 Å². The van der Waals surface area contributed by atoms with Crippen LogP contribution in [0.2, 0.25) is 0 Å². The second-order valence-corrected chi connectivity index (χ2v) is 5.31. The summed E-state index contributed by atoms with van der Waals surface area (Å²) in [6, 6.07) is -0.108. The van der Waals surface area contributed by atoms with Crippen molar-refractivity contribution >= 4 is 23.8 Å². The van der Waals surface area contributed by atoms with E-state index in [1.807, 2.05) is 6.92 Å². The summed E-state index contributed by atoms with van der Waals surface area (Å²) in [6.07, 6.45) is 0.445. The van der Waals surface area contributed by atoms with Gasteiger partial charge >= 0.3 is 12.0 Å². The third-order valence-electron chi connectivity index (χ3n) is 2.23. The van der Waals surface area contributed by atoms with Crippen molar-refractivity contribution in [2.45, 2.75) is 33.2 Å². The number of hydrogen-bond acceptors (Lipinski definition) is 3. The summed E-state index contributed by atoms with van der Waals surface area (Å²) in [5.41, 5.74) is 0. The van der Waals surface area contributed by atoms with E-state index in [2.05, 4.69) is 17.6 Å². The number of aliphatic carboxylic acids is 1. The minimum absolute atomic E-state index is 0.122. The van der Waals surface area contributed by atoms with Crippen molar-refractivity contribution in [3.05, 3.63) is 0 Å². The molecule has 0 aromatic heterocycles. The van der Waals surface area contributed by atoms with Gasteiger partial charge in [-0.05, 0) is 19.1 Å². The highest BCUT2D eigenvalue weighted by molar-refractivity contribution is 7.99. The monoisotopic (exact) mass is 262 g/mol. The highest BCUT2D eigenvalue weighted by Gasteiger charge is 2.11. The maximum atomic E-state index is 11.4. The summed E-state index contributed by atoms with van der Waals surface area (Å²) >= 11 is 1.77. The maximum Gasteiger partial charge on any atom is 0.315 e. The number of carbonyl (C=O) groups excluding carboxylic acids is 1. The van der Waals surface area contributed by atoms with Gasteiger partial charge in [0.15, 0.2) is 0 Å². The Hall–Kier alpha value is -0.910. The lowest BCUT2D eigenvalue weighted by Crippen LogP contribution is -2.42. The maximum absolute atomic E-state index is 11.4. The molecule has 0 fully saturated rings. The molecule has 0 aliphatic rings. The molecule has 0 radical (unpaired) electrons. The number of thioether (sulfide) groups is 1. The molecular formula is C11H22N2O3S. The Balaban J connectivity index is 3.62. The van der Waals surface area contributed by atoms with Crippen LogP contribution in [0.5, 0.6) is 0 Å². The van der Waals surface area contributed by atoms with Gasteiger partial charge in [-0.25, -0.2) is 4.79 Å². The SMILES string of the molecule is CCSCC(C)NC(=O)NCCC(C)C(=O)O. The van der Waals surface area contributed by atoms with Crippen LogP contribution in [-0.4, -0.2) is 41.2 Å². The molecule has 3 N–H and O–H groups in total. The van der Waals surface area contributed by atoms with Crippen LogP contribution in [-0.2, 0) is 4.79 Å². The molecule has 17 heavy (non-hydrogen) atoms. The van der Waals surface area contributed by atoms with Crippen LogP contribution in [0, 0.1) is 5.92 Å². The Morgan fingerprint density at radius 1 is 1.35 bits per heavy atom. The lowest BCUT2D eigenvalue weighted by molar-refractivity contribution is -0.141. The summed E-state index contributed by atoms with van der Waals surface area (Å²) in [5.74, 6) is 0.655. The highest BCUT2D eigenvalue weighted by Crippen LogP contribution is 2.01. The molecule has 0 heterocycles. The molecule has 0 spiro atoms. The highest BCUT2D eigenvalue weighted by atomic mass is 32.2. The Labute approximate surface area is 107 Å². The van der Waals surface area contributed by atoms with E-state index in [9.17, 15) is 9.59 Å². The second kappa shape index (κ2) is 9.15. The number of carboxylic acids is 1. The molecule has 0 saturated heterocycles. The molecule has 0 aromatic rings. The largest absolute Gasteiger partial charge is 0.481 e. The fourth-order valence-electron chi connectivity index (χ4n) is 1.14. The third-order valence-corrected chi connectivity index (χ3v) is 3.38. The molecule has 2 unspecified atom stereocenters. The third kappa shape index (κ3) is 8.85. The Morgan fingerprint density at radius 3 is 2.53 bits per heavy atom. The van der Waals surface area contributed by atoms with Gasteiger partial charge in [0.2, 0.25) is 0 Å². The summed E-state index contributed by atoms with van der Waals surface area (Å²) in [5, 5.41) is 14.1. The van der Waals surface area contributed by atoms with E-state index in [1.54, 1.807) is 18.7 Å². The molecule has 2 atom stereocenters. The standard InChI is InChI=1S/C11H22N2O3S/c1-4-17-7-9(3)13-11(16)12-6-5-8(2)10(14)15/h8-9H,4-7H2,1-3H3,(H,14,15)(H2,12,13,16). The van der Waals surface area contributed by atoms with Crippen LogP contribution in [0.15, 0.2) is 0 Å². The van der Waals surface area contributed by atoms with Crippen molar-refractivity contribution in [1.82, 2.24) is 10.6 Å². The van der Waals surface area contributed by atoms with Crippen LogP contribution in [0.4, 0.5) is 4.79 Å². The fraction of sp³-hybridized carbons (Fsp3) is 0.818. The van der Waals surface area contributed by atoms with Gasteiger partial charge in [-0.2, -0.15) is 11.8 Å². The van der Waals surface area contributed by atoms with Gasteiger partial charge in [-0.3, -0.25) is 4.79 Å². The summed E-state index contributed by atoms with van der Waals surface area (Å²) in [4.78, 5) is 21.9. The molecule has 5 nitrogen and oxygen atoms in total. The molecule has 0 aliphatic carbocycles. The lowest BCUT2D eigenvalue weighted by Gasteiger charge is -2.14. The average molecular weight is 262 g/mol. The summed E-state index contributed by atoms with van der Waals surface area (Å²) < 4.78 is 0. The molecule has 100 valence electrons. The molecule has 0 aliphatic heterocycles. The zero-order chi connectivity index (χ0) is 13.3. The Morgan fingerprint density at radius 2 is 2.00 bits per heavy atom. The number of amides is 2. The van der Waals surface area contributed by atoms with E-state index in [1.165, 1.54) is 0 Å². The van der Waals surface area contributed by atoms with Gasteiger partial charge in [0.1, 0.15) is 0 Å². The van der Waals surface area contributed by atoms with Crippen LogP contribution in [0.1, 0.15) is 27.2 Å². The first kappa shape index (κ1) is 16.1. The van der Waals surface area contributed by atoms with Crippen LogP contribution >= 0.6 is 11.8 Å². The minimum Gasteiger partial charge on any atom is -0.481 e. The van der Waals surface area contributed by atoms with Crippen LogP contribution in [0.25, 0.3) is 0 Å². The van der Waals surface area contributed by atoms with Crippen molar-refractivity contribution in [2.24, 2.45) is 5.92 Å². The molecule has 2 amide bonds. The number of urea groups is 1. The van der Waals surface area contributed by atoms with E-state index >= 15 is 0 Å². The quantitative estimate of drug-likeness (QED) is 0.620. The first-order valence-electron chi connectivity index (χ1n) is 5.82. The smallest absolute Gasteiger partial charge is 0.315 e. The predicted molar refractivity (Wildman–Crippen MR) is 70.4 cm³/mol. The Kier molecular flexibility index (Phi) is 8.66. The van der Waals surface area contributed by atoms with Gasteiger partial charge in [0.05, 0.1) is 5.92 Å². The molecule has 0 aromatic carbocycles. The topological polar surface area (TPSA) is 78.4 Å². The van der Waals surface area contributed by atoms with E-state index in [0.717, 1.165) is 11.5 Å². The zero-order valence-corrected chi connectivity index (χ0v) is 11.5. The number of hydrogen-bond donors (Lipinski definition) is 3. The van der Waals surface area contributed by atoms with Crippen molar-refractivity contribution in [3.8, 4) is 0 Å². The summed E-state index contributed by atoms with van der Waals surface area (Å²) in [7, 11) is 0. The fourth-order valence-corrected chi connectivity index (χ4v) is 1.81. The van der Waals surface area contributed by atoms with E-state index in [-0.39, 0.29) is 12.1 Å². The van der Waals surface area contributed by atoms with Gasteiger partial charge in [-0.15, -0.1) is 0 Å². The lowest BCUT2D eigenvalue weighted by atomic mass is 10.1. The molecule has 0 rings (SSSR count). The number of carbonyl (C=O) groups is 2. The van der Waals surface area contributed by atoms with Crippen LogP contribution < -0.4 is 10.6 Å². The summed E-state index contributed by atoms with van der Waals surface area (Å²) in [6.45, 7) is 6.03. The van der Waals surface area contributed by atoms with E-state index < -0.39 is 11.9 Å². The predicted octanol–water partition coefficient (Wildman–Crippen LogP) is 1.54. The Bertz CT molecular complexity index is 249. The molecule has 0 bridgehead atoms. The van der Waals surface area contributed by atoms with E-state index in [4.69, 9.17) is 5.11 Å². The minimum atomic E-state index is -0.833. The number of carboxylic acid groups (broad SMARTS) is 1. The van der Waals surface area contributed by atoms with Gasteiger partial charge in [0.25, 0.3) is 0 Å². The van der Waals surface area contributed by atoms with Gasteiger partial charge < -0.3 is 15.7 Å². The van der Waals surface area contributed by atoms with Crippen molar-refractivity contribution in [2.75, 3.05) is 18.1 Å². The van der Waals surface area contributed by atoms with Gasteiger partial charge in [0, 0.05) is 18.3 Å².